The Hall–Kier alpha value is -3.31. The molecule has 2 bridgehead atoms. The lowest BCUT2D eigenvalue weighted by molar-refractivity contribution is -0.0692. The van der Waals surface area contributed by atoms with E-state index in [4.69, 9.17) is 9.72 Å². The molecule has 6 heterocycles. The van der Waals surface area contributed by atoms with E-state index in [-0.39, 0.29) is 40.3 Å². The quantitative estimate of drug-likeness (QED) is 0.382. The fourth-order valence-corrected chi connectivity index (χ4v) is 8.20. The molecule has 1 aromatic carbocycles. The number of hydrogen-bond acceptors (Lipinski definition) is 7. The van der Waals surface area contributed by atoms with Crippen LogP contribution in [0.5, 0.6) is 6.01 Å². The standard InChI is InChI=1S/C32H34F4N6O/c33-26-27(22-7-1-5-19-6-2-8-24(25(19)22)32(34,35)36)37-15-23-28(26)39-30(43-18-31-11-3-13-42(31)14-4-12-31)40-29(23)41-16-20-9-10-21(17-41)38-20/h1,5,7-8,15,20-21,38H,2-4,6,9-14,16-18H2. The number of piperazine rings is 1. The first-order valence-corrected chi connectivity index (χ1v) is 15.4. The Kier molecular flexibility index (Phi) is 6.41. The van der Waals surface area contributed by atoms with Crippen LogP contribution in [0, 0.1) is 5.82 Å². The predicted octanol–water partition coefficient (Wildman–Crippen LogP) is 5.67. The highest BCUT2D eigenvalue weighted by atomic mass is 19.4. The first-order chi connectivity index (χ1) is 20.8. The van der Waals surface area contributed by atoms with Gasteiger partial charge in [-0.1, -0.05) is 24.3 Å². The van der Waals surface area contributed by atoms with Crippen LogP contribution >= 0.6 is 0 Å². The van der Waals surface area contributed by atoms with E-state index < -0.39 is 17.6 Å². The first-order valence-electron chi connectivity index (χ1n) is 15.4. The number of halogens is 4. The minimum Gasteiger partial charge on any atom is -0.461 e. The molecule has 1 aliphatic carbocycles. The third kappa shape index (κ3) is 4.58. The SMILES string of the molecule is Fc1c(-c2cccc3c2C(C(F)(F)F)=CCC3)ncc2c(N3CC4CCC(C3)N4)nc(OCC34CCCN3CCC4)nc12. The maximum absolute atomic E-state index is 16.6. The minimum atomic E-state index is -4.57. The van der Waals surface area contributed by atoms with Gasteiger partial charge in [-0.05, 0) is 75.6 Å². The molecule has 7 nitrogen and oxygen atoms in total. The second-order valence-corrected chi connectivity index (χ2v) is 12.8. The molecule has 11 heteroatoms. The van der Waals surface area contributed by atoms with Crippen molar-refractivity contribution in [3.05, 3.63) is 47.4 Å². The lowest BCUT2D eigenvalue weighted by atomic mass is 9.85. The Labute approximate surface area is 247 Å². The van der Waals surface area contributed by atoms with Crippen molar-refractivity contribution in [1.29, 1.82) is 0 Å². The van der Waals surface area contributed by atoms with Crippen LogP contribution in [0.3, 0.4) is 0 Å². The molecule has 0 saturated carbocycles. The number of benzene rings is 1. The Bertz CT molecular complexity index is 1600. The minimum absolute atomic E-state index is 0.00177. The molecule has 1 N–H and O–H groups in total. The molecule has 4 fully saturated rings. The fourth-order valence-electron chi connectivity index (χ4n) is 8.20. The molecular weight excluding hydrogens is 560 g/mol. The number of fused-ring (bicyclic) bond motifs is 5. The Morgan fingerprint density at radius 3 is 2.56 bits per heavy atom. The van der Waals surface area contributed by atoms with E-state index in [0.29, 0.717) is 41.9 Å². The summed E-state index contributed by atoms with van der Waals surface area (Å²) >= 11 is 0. The molecule has 226 valence electrons. The number of pyridine rings is 1. The summed E-state index contributed by atoms with van der Waals surface area (Å²) in [5, 5.41) is 4.06. The lowest BCUT2D eigenvalue weighted by Gasteiger charge is -2.34. The summed E-state index contributed by atoms with van der Waals surface area (Å²) in [4.78, 5) is 18.5. The highest BCUT2D eigenvalue weighted by molar-refractivity contribution is 5.94. The van der Waals surface area contributed by atoms with E-state index in [1.165, 1.54) is 18.3 Å². The van der Waals surface area contributed by atoms with Gasteiger partial charge in [-0.3, -0.25) is 9.88 Å². The zero-order valence-corrected chi connectivity index (χ0v) is 23.9. The zero-order chi connectivity index (χ0) is 29.3. The molecule has 2 atom stereocenters. The van der Waals surface area contributed by atoms with Gasteiger partial charge < -0.3 is 15.0 Å². The van der Waals surface area contributed by atoms with Crippen LogP contribution in [0.2, 0.25) is 0 Å². The van der Waals surface area contributed by atoms with Crippen molar-refractivity contribution >= 4 is 22.3 Å². The molecule has 4 saturated heterocycles. The van der Waals surface area contributed by atoms with Gasteiger partial charge in [-0.15, -0.1) is 0 Å². The number of nitrogens with zero attached hydrogens (tertiary/aromatic N) is 5. The van der Waals surface area contributed by atoms with Gasteiger partial charge in [0.2, 0.25) is 0 Å². The average Bonchev–Trinajstić information content (AvgIpc) is 3.68. The number of alkyl halides is 3. The normalized spacial score (nSPS) is 24.7. The number of allylic oxidation sites excluding steroid dienone is 2. The van der Waals surface area contributed by atoms with E-state index >= 15 is 4.39 Å². The smallest absolute Gasteiger partial charge is 0.416 e. The molecule has 0 spiro atoms. The molecule has 5 aliphatic rings. The van der Waals surface area contributed by atoms with Crippen molar-refractivity contribution in [3.8, 4) is 17.3 Å². The third-order valence-electron chi connectivity index (χ3n) is 10.2. The molecule has 0 amide bonds. The summed E-state index contributed by atoms with van der Waals surface area (Å²) in [6.45, 7) is 3.96. The van der Waals surface area contributed by atoms with E-state index in [1.54, 1.807) is 12.1 Å². The lowest BCUT2D eigenvalue weighted by Crippen LogP contribution is -2.51. The van der Waals surface area contributed by atoms with Crippen molar-refractivity contribution in [1.82, 2.24) is 25.2 Å². The van der Waals surface area contributed by atoms with Crippen LogP contribution in [0.4, 0.5) is 23.4 Å². The molecule has 0 radical (unpaired) electrons. The van der Waals surface area contributed by atoms with E-state index in [0.717, 1.165) is 64.7 Å². The average molecular weight is 595 g/mol. The van der Waals surface area contributed by atoms with Crippen molar-refractivity contribution in [2.24, 2.45) is 0 Å². The number of hydrogen-bond donors (Lipinski definition) is 1. The van der Waals surface area contributed by atoms with Gasteiger partial charge in [-0.25, -0.2) is 4.39 Å². The van der Waals surface area contributed by atoms with Crippen molar-refractivity contribution in [2.75, 3.05) is 37.7 Å². The summed E-state index contributed by atoms with van der Waals surface area (Å²) in [6, 6.07) is 5.60. The number of aromatic nitrogens is 3. The molecular formula is C32H34F4N6O. The number of ether oxygens (including phenoxy) is 1. The summed E-state index contributed by atoms with van der Waals surface area (Å²) in [7, 11) is 0. The summed E-state index contributed by atoms with van der Waals surface area (Å²) in [5.41, 5.74) is -0.256. The maximum atomic E-state index is 16.6. The summed E-state index contributed by atoms with van der Waals surface area (Å²) < 4.78 is 65.3. The Balaban J connectivity index is 1.25. The largest absolute Gasteiger partial charge is 0.461 e. The van der Waals surface area contributed by atoms with E-state index in [1.807, 2.05) is 0 Å². The molecule has 43 heavy (non-hydrogen) atoms. The molecule has 4 aliphatic heterocycles. The zero-order valence-electron chi connectivity index (χ0n) is 23.9. The monoisotopic (exact) mass is 594 g/mol. The molecule has 2 aromatic heterocycles. The van der Waals surface area contributed by atoms with Gasteiger partial charge in [0, 0.05) is 36.9 Å². The third-order valence-corrected chi connectivity index (χ3v) is 10.2. The van der Waals surface area contributed by atoms with Crippen LogP contribution in [0.15, 0.2) is 30.5 Å². The van der Waals surface area contributed by atoms with Gasteiger partial charge in [0.1, 0.15) is 23.6 Å². The molecule has 8 rings (SSSR count). The summed E-state index contributed by atoms with van der Waals surface area (Å²) in [6.07, 6.45) is 5.35. The van der Waals surface area contributed by atoms with Crippen LogP contribution in [-0.4, -0.2) is 76.4 Å². The van der Waals surface area contributed by atoms with Crippen LogP contribution < -0.4 is 15.0 Å². The van der Waals surface area contributed by atoms with Crippen LogP contribution in [-0.2, 0) is 6.42 Å². The Morgan fingerprint density at radius 1 is 1.05 bits per heavy atom. The molecule has 2 unspecified atom stereocenters. The second-order valence-electron chi connectivity index (χ2n) is 12.8. The van der Waals surface area contributed by atoms with Crippen molar-refractivity contribution in [3.63, 3.8) is 0 Å². The van der Waals surface area contributed by atoms with E-state index in [9.17, 15) is 13.2 Å². The van der Waals surface area contributed by atoms with Crippen molar-refractivity contribution < 1.29 is 22.3 Å². The number of aryl methyl sites for hydroxylation is 1. The molecule has 3 aromatic rings. The van der Waals surface area contributed by atoms with Gasteiger partial charge in [0.05, 0.1) is 16.5 Å². The second kappa shape index (κ2) is 10.1. The van der Waals surface area contributed by atoms with Gasteiger partial charge in [0.25, 0.3) is 0 Å². The fraction of sp³-hybridized carbons (Fsp3) is 0.531. The van der Waals surface area contributed by atoms with E-state index in [2.05, 4.69) is 25.1 Å². The first kappa shape index (κ1) is 27.3. The summed E-state index contributed by atoms with van der Waals surface area (Å²) in [5.74, 6) is -0.194. The number of rotatable bonds is 5. The highest BCUT2D eigenvalue weighted by Crippen LogP contribution is 2.45. The maximum Gasteiger partial charge on any atom is 0.416 e. The number of nitrogens with one attached hydrogen (secondary N) is 1. The topological polar surface area (TPSA) is 66.4 Å². The van der Waals surface area contributed by atoms with Gasteiger partial charge in [0.15, 0.2) is 5.82 Å². The predicted molar refractivity (Wildman–Crippen MR) is 156 cm³/mol. The van der Waals surface area contributed by atoms with Crippen LogP contribution in [0.1, 0.15) is 56.1 Å². The highest BCUT2D eigenvalue weighted by Gasteiger charge is 2.45. The van der Waals surface area contributed by atoms with Crippen LogP contribution in [0.25, 0.3) is 27.7 Å². The van der Waals surface area contributed by atoms with Gasteiger partial charge in [-0.2, -0.15) is 23.1 Å². The Morgan fingerprint density at radius 2 is 1.81 bits per heavy atom. The van der Waals surface area contributed by atoms with Crippen molar-refractivity contribution in [2.45, 2.75) is 75.2 Å². The number of anilines is 1. The van der Waals surface area contributed by atoms with Gasteiger partial charge >= 0.3 is 12.2 Å².